The Morgan fingerprint density at radius 3 is 2.65 bits per heavy atom. The predicted octanol–water partition coefficient (Wildman–Crippen LogP) is 1.26. The average Bonchev–Trinajstić information content (AvgIpc) is 2.55. The van der Waals surface area contributed by atoms with Crippen LogP contribution < -0.4 is 10.9 Å². The van der Waals surface area contributed by atoms with E-state index in [1.165, 1.54) is 16.7 Å². The van der Waals surface area contributed by atoms with E-state index in [9.17, 15) is 14.4 Å². The summed E-state index contributed by atoms with van der Waals surface area (Å²) in [7, 11) is 0. The SMILES string of the molecule is Cc1ccc(CNC(=O)c2ccc3n(c2=O)CCOC3=O)cc1. The standard InChI is InChI=1S/C17H16N2O4/c1-11-2-4-12(5-3-11)10-18-15(20)13-6-7-14-17(22)23-9-8-19(14)16(13)21/h2-7H,8-10H2,1H3,(H,18,20). The van der Waals surface area contributed by atoms with Gasteiger partial charge in [0.1, 0.15) is 17.9 Å². The second-order valence-electron chi connectivity index (χ2n) is 5.39. The number of nitrogens with zero attached hydrogens (tertiary/aromatic N) is 1. The van der Waals surface area contributed by atoms with Crippen LogP contribution in [-0.2, 0) is 17.8 Å². The molecule has 0 atom stereocenters. The predicted molar refractivity (Wildman–Crippen MR) is 83.3 cm³/mol. The topological polar surface area (TPSA) is 77.4 Å². The highest BCUT2D eigenvalue weighted by Gasteiger charge is 2.22. The monoisotopic (exact) mass is 312 g/mol. The third kappa shape index (κ3) is 3.01. The fraction of sp³-hybridized carbons (Fsp3) is 0.235. The lowest BCUT2D eigenvalue weighted by Crippen LogP contribution is -2.38. The van der Waals surface area contributed by atoms with Crippen molar-refractivity contribution in [2.45, 2.75) is 20.0 Å². The van der Waals surface area contributed by atoms with Crippen LogP contribution in [0.4, 0.5) is 0 Å². The molecule has 2 heterocycles. The van der Waals surface area contributed by atoms with Crippen LogP contribution in [0.5, 0.6) is 0 Å². The van der Waals surface area contributed by atoms with Crippen molar-refractivity contribution in [3.05, 3.63) is 69.1 Å². The molecule has 0 fully saturated rings. The van der Waals surface area contributed by atoms with Crippen LogP contribution in [0.15, 0.2) is 41.2 Å². The molecule has 2 aromatic rings. The third-order valence-electron chi connectivity index (χ3n) is 3.75. The highest BCUT2D eigenvalue weighted by molar-refractivity contribution is 5.95. The van der Waals surface area contributed by atoms with E-state index in [0.29, 0.717) is 6.54 Å². The lowest BCUT2D eigenvalue weighted by atomic mass is 10.1. The summed E-state index contributed by atoms with van der Waals surface area (Å²) >= 11 is 0. The fourth-order valence-electron chi connectivity index (χ4n) is 2.44. The molecule has 1 N–H and O–H groups in total. The van der Waals surface area contributed by atoms with E-state index in [4.69, 9.17) is 4.74 Å². The molecule has 3 rings (SSSR count). The third-order valence-corrected chi connectivity index (χ3v) is 3.75. The number of fused-ring (bicyclic) bond motifs is 1. The first-order valence-corrected chi connectivity index (χ1v) is 7.31. The molecule has 1 aliphatic heterocycles. The van der Waals surface area contributed by atoms with Crippen molar-refractivity contribution in [3.8, 4) is 0 Å². The molecular formula is C17H16N2O4. The van der Waals surface area contributed by atoms with Crippen molar-refractivity contribution in [2.75, 3.05) is 6.61 Å². The van der Waals surface area contributed by atoms with Gasteiger partial charge >= 0.3 is 5.97 Å². The Kier molecular flexibility index (Phi) is 3.97. The number of nitrogens with one attached hydrogen (secondary N) is 1. The quantitative estimate of drug-likeness (QED) is 0.866. The Bertz CT molecular complexity index is 821. The van der Waals surface area contributed by atoms with Gasteiger partial charge in [-0.05, 0) is 24.6 Å². The summed E-state index contributed by atoms with van der Waals surface area (Å²) in [6.45, 7) is 2.73. The van der Waals surface area contributed by atoms with E-state index in [1.807, 2.05) is 31.2 Å². The zero-order chi connectivity index (χ0) is 16.4. The molecule has 0 radical (unpaired) electrons. The lowest BCUT2D eigenvalue weighted by molar-refractivity contribution is 0.0415. The minimum absolute atomic E-state index is 0.0237. The number of ether oxygens (including phenoxy) is 1. The van der Waals surface area contributed by atoms with Crippen LogP contribution in [0.3, 0.4) is 0 Å². The van der Waals surface area contributed by atoms with Crippen LogP contribution in [-0.4, -0.2) is 23.1 Å². The molecule has 1 aromatic carbocycles. The van der Waals surface area contributed by atoms with Crippen molar-refractivity contribution in [3.63, 3.8) is 0 Å². The van der Waals surface area contributed by atoms with Crippen molar-refractivity contribution < 1.29 is 14.3 Å². The van der Waals surface area contributed by atoms with Crippen molar-refractivity contribution in [1.29, 1.82) is 0 Å². The van der Waals surface area contributed by atoms with Gasteiger partial charge in [0.15, 0.2) is 0 Å². The first kappa shape index (κ1) is 15.0. The van der Waals surface area contributed by atoms with Crippen LogP contribution >= 0.6 is 0 Å². The fourth-order valence-corrected chi connectivity index (χ4v) is 2.44. The second-order valence-corrected chi connectivity index (χ2v) is 5.39. The molecule has 23 heavy (non-hydrogen) atoms. The van der Waals surface area contributed by atoms with Gasteiger partial charge in [-0.1, -0.05) is 29.8 Å². The summed E-state index contributed by atoms with van der Waals surface area (Å²) in [6.07, 6.45) is 0. The van der Waals surface area contributed by atoms with Gasteiger partial charge in [-0.2, -0.15) is 0 Å². The summed E-state index contributed by atoms with van der Waals surface area (Å²) in [5.41, 5.74) is 1.82. The first-order chi connectivity index (χ1) is 11.1. The molecule has 0 saturated carbocycles. The summed E-state index contributed by atoms with van der Waals surface area (Å²) in [5.74, 6) is -0.996. The molecule has 1 aliphatic rings. The maximum atomic E-state index is 12.4. The van der Waals surface area contributed by atoms with E-state index in [-0.39, 0.29) is 24.4 Å². The van der Waals surface area contributed by atoms with E-state index < -0.39 is 17.4 Å². The Hall–Kier alpha value is -2.89. The van der Waals surface area contributed by atoms with Crippen molar-refractivity contribution in [1.82, 2.24) is 9.88 Å². The number of amides is 1. The van der Waals surface area contributed by atoms with Gasteiger partial charge in [0, 0.05) is 6.54 Å². The molecule has 0 aliphatic carbocycles. The molecule has 0 saturated heterocycles. The Labute approximate surface area is 132 Å². The number of rotatable bonds is 3. The number of hydrogen-bond acceptors (Lipinski definition) is 4. The molecule has 1 amide bonds. The summed E-state index contributed by atoms with van der Waals surface area (Å²) in [4.78, 5) is 36.2. The first-order valence-electron chi connectivity index (χ1n) is 7.31. The lowest BCUT2D eigenvalue weighted by Gasteiger charge is -2.18. The smallest absolute Gasteiger partial charge is 0.355 e. The van der Waals surface area contributed by atoms with Gasteiger partial charge in [-0.25, -0.2) is 4.79 Å². The average molecular weight is 312 g/mol. The number of carbonyl (C=O) groups excluding carboxylic acids is 2. The van der Waals surface area contributed by atoms with E-state index >= 15 is 0 Å². The van der Waals surface area contributed by atoms with E-state index in [2.05, 4.69) is 5.32 Å². The normalized spacial score (nSPS) is 13.2. The zero-order valence-corrected chi connectivity index (χ0v) is 12.7. The van der Waals surface area contributed by atoms with Gasteiger partial charge in [0.05, 0.1) is 6.54 Å². The largest absolute Gasteiger partial charge is 0.459 e. The van der Waals surface area contributed by atoms with Gasteiger partial charge in [-0.15, -0.1) is 0 Å². The molecule has 6 heteroatoms. The van der Waals surface area contributed by atoms with Gasteiger partial charge in [-0.3, -0.25) is 14.2 Å². The Balaban J connectivity index is 1.79. The number of esters is 1. The maximum absolute atomic E-state index is 12.4. The summed E-state index contributed by atoms with van der Waals surface area (Å²) < 4.78 is 6.16. The zero-order valence-electron chi connectivity index (χ0n) is 12.7. The summed E-state index contributed by atoms with van der Waals surface area (Å²) in [5, 5.41) is 2.73. The van der Waals surface area contributed by atoms with Crippen LogP contribution in [0.1, 0.15) is 32.0 Å². The molecule has 6 nitrogen and oxygen atoms in total. The summed E-state index contributed by atoms with van der Waals surface area (Å²) in [6, 6.07) is 10.6. The Morgan fingerprint density at radius 1 is 1.17 bits per heavy atom. The van der Waals surface area contributed by atoms with Crippen molar-refractivity contribution in [2.24, 2.45) is 0 Å². The van der Waals surface area contributed by atoms with E-state index in [0.717, 1.165) is 11.1 Å². The number of cyclic esters (lactones) is 1. The molecule has 0 bridgehead atoms. The number of pyridine rings is 1. The minimum Gasteiger partial charge on any atom is -0.459 e. The number of aromatic nitrogens is 1. The number of hydrogen-bond donors (Lipinski definition) is 1. The number of carbonyl (C=O) groups is 2. The second kappa shape index (κ2) is 6.08. The minimum atomic E-state index is -0.542. The molecule has 118 valence electrons. The molecule has 0 unspecified atom stereocenters. The Morgan fingerprint density at radius 2 is 1.91 bits per heavy atom. The number of aryl methyl sites for hydroxylation is 1. The maximum Gasteiger partial charge on any atom is 0.355 e. The van der Waals surface area contributed by atoms with Crippen LogP contribution in [0, 0.1) is 6.92 Å². The number of benzene rings is 1. The van der Waals surface area contributed by atoms with Gasteiger partial charge in [0.2, 0.25) is 0 Å². The van der Waals surface area contributed by atoms with E-state index in [1.54, 1.807) is 0 Å². The van der Waals surface area contributed by atoms with Crippen LogP contribution in [0.25, 0.3) is 0 Å². The van der Waals surface area contributed by atoms with Crippen molar-refractivity contribution >= 4 is 11.9 Å². The molecule has 1 aromatic heterocycles. The van der Waals surface area contributed by atoms with Crippen LogP contribution in [0.2, 0.25) is 0 Å². The molecule has 0 spiro atoms. The highest BCUT2D eigenvalue weighted by atomic mass is 16.5. The molecular weight excluding hydrogens is 296 g/mol. The van der Waals surface area contributed by atoms with Gasteiger partial charge < -0.3 is 10.1 Å². The van der Waals surface area contributed by atoms with Gasteiger partial charge in [0.25, 0.3) is 11.5 Å². The highest BCUT2D eigenvalue weighted by Crippen LogP contribution is 2.08.